The predicted molar refractivity (Wildman–Crippen MR) is 57.8 cm³/mol. The Labute approximate surface area is 99.4 Å². The van der Waals surface area contributed by atoms with Gasteiger partial charge >= 0.3 is 84.8 Å². The summed E-state index contributed by atoms with van der Waals surface area (Å²) in [5, 5.41) is 0. The normalized spacial score (nSPS) is 9.60. The average molecular weight is 228 g/mol. The van der Waals surface area contributed by atoms with Crippen molar-refractivity contribution in [2.75, 3.05) is 0 Å². The zero-order valence-electron chi connectivity index (χ0n) is 9.33. The molecule has 2 N–H and O–H groups in total. The minimum absolute atomic E-state index is 0.291. The molecule has 0 aliphatic heterocycles. The fraction of sp³-hybridized carbons (Fsp3) is 0.625. The molecule has 0 aliphatic rings. The Morgan fingerprint density at radius 1 is 1.53 bits per heavy atom. The number of carbonyl (C=O) groups is 1. The van der Waals surface area contributed by atoms with Gasteiger partial charge < -0.3 is 9.79 Å². The summed E-state index contributed by atoms with van der Waals surface area (Å²) in [6.45, 7) is 5.50. The second-order valence-electron chi connectivity index (χ2n) is 3.04. The third-order valence-corrected chi connectivity index (χ3v) is 0.965. The van der Waals surface area contributed by atoms with Crippen molar-refractivity contribution in [3.8, 4) is 11.8 Å². The summed E-state index contributed by atoms with van der Waals surface area (Å²) in [5.41, 5.74) is -0.637. The van der Waals surface area contributed by atoms with Crippen LogP contribution in [0.1, 0.15) is 27.2 Å². The molecule has 0 radical (unpaired) electrons. The van der Waals surface area contributed by atoms with Gasteiger partial charge in [-0.15, -0.1) is 0 Å². The van der Waals surface area contributed by atoms with Gasteiger partial charge in [0, 0.05) is 0 Å². The van der Waals surface area contributed by atoms with E-state index < -0.39 is 13.9 Å². The molecule has 0 bridgehead atoms. The van der Waals surface area contributed by atoms with E-state index in [0.29, 0.717) is 0 Å². The van der Waals surface area contributed by atoms with Gasteiger partial charge in [0.05, 0.1) is 0 Å². The summed E-state index contributed by atoms with van der Waals surface area (Å²) in [4.78, 5) is 24.8. The monoisotopic (exact) mass is 228 g/mol. The van der Waals surface area contributed by atoms with E-state index in [4.69, 9.17) is 19.1 Å². The summed E-state index contributed by atoms with van der Waals surface area (Å²) in [6, 6.07) is 0. The molecular weight excluding hydrogens is 214 g/mol. The van der Waals surface area contributed by atoms with Gasteiger partial charge in [-0.2, -0.15) is 0 Å². The molecule has 0 saturated heterocycles. The summed E-state index contributed by atoms with van der Waals surface area (Å²) in [7, 11) is -3.13. The Bertz CT molecular complexity index is 274. The first kappa shape index (κ1) is 17.2. The van der Waals surface area contributed by atoms with Gasteiger partial charge in [-0.3, -0.25) is 4.57 Å². The SMILES string of the molecule is O=[PH](O)O.[Li][C](=O)OC(C)(C)C#CCC. The summed E-state index contributed by atoms with van der Waals surface area (Å²) >= 11 is 1.38. The Morgan fingerprint density at radius 2 is 1.93 bits per heavy atom. The summed E-state index contributed by atoms with van der Waals surface area (Å²) < 4.78 is 13.4. The zero-order valence-corrected chi connectivity index (χ0v) is 10.3. The molecule has 0 amide bonds. The standard InChI is InChI=1S/C8H11O2.Li.H3O3P/c1-4-5-6-8(2,3)10-7-9;;1-4(2)3/h4H2,1-3H3;;4H,(H2,1,2,3). The third kappa shape index (κ3) is 20.0. The molecule has 7 heteroatoms. The van der Waals surface area contributed by atoms with Crippen LogP contribution in [0.5, 0.6) is 0 Å². The van der Waals surface area contributed by atoms with E-state index >= 15 is 0 Å². The van der Waals surface area contributed by atoms with Gasteiger partial charge in [0.15, 0.2) is 0 Å². The molecule has 82 valence electrons. The van der Waals surface area contributed by atoms with E-state index in [1.165, 1.54) is 17.7 Å². The topological polar surface area (TPSA) is 83.8 Å². The third-order valence-electron chi connectivity index (χ3n) is 0.965. The van der Waals surface area contributed by atoms with Crippen molar-refractivity contribution in [1.29, 1.82) is 0 Å². The molecule has 0 unspecified atom stereocenters. The van der Waals surface area contributed by atoms with E-state index in [9.17, 15) is 4.79 Å². The van der Waals surface area contributed by atoms with Crippen molar-refractivity contribution in [3.05, 3.63) is 0 Å². The number of rotatable bonds is 1. The number of ether oxygens (including phenoxy) is 1. The van der Waals surface area contributed by atoms with Gasteiger partial charge in [-0.05, 0) is 0 Å². The second-order valence-corrected chi connectivity index (χ2v) is 3.61. The molecule has 0 rings (SSSR count). The molecular formula is C8H14LiO5P. The van der Waals surface area contributed by atoms with Crippen LogP contribution in [0, 0.1) is 11.8 Å². The van der Waals surface area contributed by atoms with Crippen LogP contribution in [-0.4, -0.2) is 37.7 Å². The molecule has 0 aliphatic carbocycles. The predicted octanol–water partition coefficient (Wildman–Crippen LogP) is 0.844. The summed E-state index contributed by atoms with van der Waals surface area (Å²) in [5.74, 6) is 5.71. The maximum atomic E-state index is 10.5. The molecule has 0 heterocycles. The zero-order chi connectivity index (χ0) is 12.5. The molecule has 0 saturated carbocycles. The van der Waals surface area contributed by atoms with Crippen molar-refractivity contribution in [3.63, 3.8) is 0 Å². The quantitative estimate of drug-likeness (QED) is 0.394. The first-order chi connectivity index (χ1) is 6.71. The van der Waals surface area contributed by atoms with Crippen LogP contribution in [0.3, 0.4) is 0 Å². The fourth-order valence-corrected chi connectivity index (χ4v) is 0.686. The van der Waals surface area contributed by atoms with E-state index in [-0.39, 0.29) is 4.64 Å². The van der Waals surface area contributed by atoms with Gasteiger partial charge in [-0.25, -0.2) is 0 Å². The van der Waals surface area contributed by atoms with Crippen LogP contribution < -0.4 is 0 Å². The maximum absolute atomic E-state index is 10.5. The first-order valence-corrected chi connectivity index (χ1v) is 5.63. The van der Waals surface area contributed by atoms with Gasteiger partial charge in [0.1, 0.15) is 0 Å². The number of hydrogen-bond donors (Lipinski definition) is 2. The van der Waals surface area contributed by atoms with Gasteiger partial charge in [0.25, 0.3) is 0 Å². The van der Waals surface area contributed by atoms with Crippen molar-refractivity contribution in [2.45, 2.75) is 32.8 Å². The van der Waals surface area contributed by atoms with Crippen molar-refractivity contribution in [2.24, 2.45) is 0 Å². The molecule has 5 nitrogen and oxygen atoms in total. The molecule has 0 fully saturated rings. The first-order valence-electron chi connectivity index (χ1n) is 4.32. The van der Waals surface area contributed by atoms with Crippen LogP contribution in [0.15, 0.2) is 0 Å². The molecule has 15 heavy (non-hydrogen) atoms. The van der Waals surface area contributed by atoms with E-state index in [1.807, 2.05) is 6.92 Å². The number of carbonyl (C=O) groups excluding carboxylic acids is 1. The number of hydrogen-bond acceptors (Lipinski definition) is 3. The minimum atomic E-state index is -3.13. The van der Waals surface area contributed by atoms with Crippen LogP contribution >= 0.6 is 8.25 Å². The Kier molecular flexibility index (Phi) is 10.3. The van der Waals surface area contributed by atoms with Crippen LogP contribution in [0.2, 0.25) is 0 Å². The van der Waals surface area contributed by atoms with Crippen molar-refractivity contribution < 1.29 is 23.9 Å². The van der Waals surface area contributed by atoms with Crippen molar-refractivity contribution >= 4 is 30.6 Å². The Balaban J connectivity index is 0. The fourth-order valence-electron chi connectivity index (χ4n) is 0.686. The van der Waals surface area contributed by atoms with Gasteiger partial charge in [0.2, 0.25) is 0 Å². The second kappa shape index (κ2) is 9.04. The van der Waals surface area contributed by atoms with E-state index in [0.717, 1.165) is 6.42 Å². The van der Waals surface area contributed by atoms with Crippen LogP contribution in [-0.2, 0) is 9.30 Å². The van der Waals surface area contributed by atoms with Crippen LogP contribution in [0.4, 0.5) is 4.79 Å². The molecule has 0 aromatic carbocycles. The molecule has 0 atom stereocenters. The van der Waals surface area contributed by atoms with Gasteiger partial charge in [-0.1, -0.05) is 0 Å². The Hall–Kier alpha value is -0.223. The van der Waals surface area contributed by atoms with Crippen LogP contribution in [0.25, 0.3) is 0 Å². The van der Waals surface area contributed by atoms with E-state index in [1.54, 1.807) is 13.8 Å². The Morgan fingerprint density at radius 3 is 2.20 bits per heavy atom. The summed E-state index contributed by atoms with van der Waals surface area (Å²) in [6.07, 6.45) is 0.782. The molecule has 0 aromatic heterocycles. The molecule has 0 aromatic rings. The van der Waals surface area contributed by atoms with Crippen molar-refractivity contribution in [1.82, 2.24) is 0 Å². The van der Waals surface area contributed by atoms with E-state index in [2.05, 4.69) is 11.8 Å². The molecule has 0 spiro atoms. The average Bonchev–Trinajstić information content (AvgIpc) is 1.97.